The van der Waals surface area contributed by atoms with Crippen LogP contribution in [-0.4, -0.2) is 130 Å². The second-order valence-electron chi connectivity index (χ2n) is 13.9. The number of benzene rings is 2. The van der Waals surface area contributed by atoms with Crippen LogP contribution in [0, 0.1) is 0 Å². The van der Waals surface area contributed by atoms with E-state index in [-0.39, 0.29) is 43.3 Å². The van der Waals surface area contributed by atoms with Gasteiger partial charge in [0.25, 0.3) is 5.91 Å². The number of aromatic nitrogens is 3. The molecule has 2 bridgehead atoms. The average Bonchev–Trinajstić information content (AvgIpc) is 3.68. The van der Waals surface area contributed by atoms with Crippen molar-refractivity contribution in [3.05, 3.63) is 54.1 Å². The molecule has 0 aliphatic carbocycles. The zero-order chi connectivity index (χ0) is 34.8. The molecule has 0 saturated carbocycles. The number of ether oxygens (including phenoxy) is 1. The van der Waals surface area contributed by atoms with E-state index in [4.69, 9.17) is 19.7 Å². The third-order valence-electron chi connectivity index (χ3n) is 10.5. The fraction of sp³-hybridized carbons (Fsp3) is 0.528. The number of carbonyl (C=O) groups is 2. The van der Waals surface area contributed by atoms with Crippen molar-refractivity contribution >= 4 is 35.2 Å². The first-order chi connectivity index (χ1) is 24.3. The second-order valence-corrected chi connectivity index (χ2v) is 13.9. The number of hydrogen-bond donors (Lipinski definition) is 4. The van der Waals surface area contributed by atoms with Gasteiger partial charge in [-0.15, -0.1) is 0 Å². The minimum Gasteiger partial charge on any atom is -0.394 e. The Balaban J connectivity index is 1.03. The number of fused-ring (bicyclic) bond motifs is 2. The largest absolute Gasteiger partial charge is 0.394 e. The van der Waals surface area contributed by atoms with Crippen LogP contribution in [0.25, 0.3) is 11.4 Å². The number of amides is 3. The van der Waals surface area contributed by atoms with Gasteiger partial charge in [0.2, 0.25) is 11.9 Å². The van der Waals surface area contributed by atoms with Gasteiger partial charge < -0.3 is 40.3 Å². The highest BCUT2D eigenvalue weighted by Crippen LogP contribution is 2.36. The monoisotopic (exact) mass is 685 g/mol. The summed E-state index contributed by atoms with van der Waals surface area (Å²) in [5.41, 5.74) is 2.50. The molecule has 7 rings (SSSR count). The number of nitrogens with one attached hydrogen (secondary N) is 2. The molecule has 50 heavy (non-hydrogen) atoms. The number of carbonyl (C=O) groups excluding carboxylic acids is 2. The minimum atomic E-state index is -0.409. The van der Waals surface area contributed by atoms with Gasteiger partial charge in [0, 0.05) is 54.7 Å². The lowest BCUT2D eigenvalue weighted by Gasteiger charge is -2.37. The van der Waals surface area contributed by atoms with E-state index in [1.807, 2.05) is 21.9 Å². The minimum absolute atomic E-state index is 0.000997. The highest BCUT2D eigenvalue weighted by atomic mass is 16.5. The first-order valence-electron chi connectivity index (χ1n) is 17.7. The summed E-state index contributed by atoms with van der Waals surface area (Å²) < 4.78 is 5.81. The van der Waals surface area contributed by atoms with Gasteiger partial charge in [0.05, 0.1) is 50.6 Å². The molecule has 2 aromatic carbocycles. The van der Waals surface area contributed by atoms with Crippen molar-refractivity contribution < 1.29 is 24.5 Å². The molecule has 4 aliphatic rings. The third kappa shape index (κ3) is 7.11. The van der Waals surface area contributed by atoms with E-state index in [1.54, 1.807) is 36.4 Å². The van der Waals surface area contributed by atoms with Gasteiger partial charge in [-0.2, -0.15) is 15.0 Å². The first-order valence-corrected chi connectivity index (χ1v) is 17.7. The van der Waals surface area contributed by atoms with Crippen LogP contribution in [0.3, 0.4) is 0 Å². The van der Waals surface area contributed by atoms with E-state index in [1.165, 1.54) is 0 Å². The maximum absolute atomic E-state index is 13.0. The lowest BCUT2D eigenvalue weighted by Crippen LogP contribution is -2.50. The molecule has 4 N–H and O–H groups in total. The summed E-state index contributed by atoms with van der Waals surface area (Å²) in [6.07, 6.45) is 3.48. The summed E-state index contributed by atoms with van der Waals surface area (Å²) in [6, 6.07) is 14.3. The van der Waals surface area contributed by atoms with Gasteiger partial charge in [-0.1, -0.05) is 0 Å². The SMILES string of the molecule is CC(C)N1CCN(C(=O)c2ccc(NC(=O)Nc3ccc(-c4nc(N5C(CO)CCC5CO)nc(N5C6CCC5COC6)n4)cc3)cc2)CC1. The van der Waals surface area contributed by atoms with Crippen LogP contribution in [0.4, 0.5) is 28.1 Å². The molecule has 0 spiro atoms. The molecule has 266 valence electrons. The third-order valence-corrected chi connectivity index (χ3v) is 10.5. The van der Waals surface area contributed by atoms with E-state index < -0.39 is 6.03 Å². The van der Waals surface area contributed by atoms with E-state index in [2.05, 4.69) is 34.3 Å². The van der Waals surface area contributed by atoms with Crippen molar-refractivity contribution in [2.24, 2.45) is 0 Å². The molecule has 5 heterocycles. The Morgan fingerprint density at radius 2 is 1.30 bits per heavy atom. The molecule has 4 aliphatic heterocycles. The van der Waals surface area contributed by atoms with E-state index >= 15 is 0 Å². The lowest BCUT2D eigenvalue weighted by molar-refractivity contribution is 0.0595. The Hall–Kier alpha value is -4.37. The molecule has 3 amide bonds. The quantitative estimate of drug-likeness (QED) is 0.262. The molecule has 4 fully saturated rings. The van der Waals surface area contributed by atoms with Gasteiger partial charge in [0.15, 0.2) is 5.82 Å². The smallest absolute Gasteiger partial charge is 0.323 e. The number of morpholine rings is 1. The molecule has 4 saturated heterocycles. The summed E-state index contributed by atoms with van der Waals surface area (Å²) in [5, 5.41) is 26.0. The van der Waals surface area contributed by atoms with Crippen molar-refractivity contribution in [3.63, 3.8) is 0 Å². The Morgan fingerprint density at radius 1 is 0.760 bits per heavy atom. The van der Waals surface area contributed by atoms with Gasteiger partial charge >= 0.3 is 6.03 Å². The summed E-state index contributed by atoms with van der Waals surface area (Å²) in [5.74, 6) is 1.49. The zero-order valence-electron chi connectivity index (χ0n) is 28.7. The van der Waals surface area contributed by atoms with Crippen LogP contribution < -0.4 is 20.4 Å². The standard InChI is InChI=1S/C36H47N9O5/c1-23(2)42-15-17-43(18-16-42)33(48)25-5-9-27(10-6-25)38-36(49)37-26-7-3-24(4-8-26)32-39-34(44-28(19-46)11-12-29(44)20-47)41-35(40-32)45-30-13-14-31(45)22-50-21-30/h3-10,23,28-31,46-47H,11-22H2,1-2H3,(H2,37,38,49). The highest BCUT2D eigenvalue weighted by Gasteiger charge is 2.41. The Kier molecular flexibility index (Phi) is 10.1. The molecule has 1 aromatic heterocycles. The van der Waals surface area contributed by atoms with Crippen molar-refractivity contribution in [2.45, 2.75) is 69.7 Å². The number of nitrogens with zero attached hydrogens (tertiary/aromatic N) is 7. The van der Waals surface area contributed by atoms with Crippen LogP contribution >= 0.6 is 0 Å². The Bertz CT molecular complexity index is 1620. The first kappa shape index (κ1) is 34.1. The van der Waals surface area contributed by atoms with Crippen LogP contribution in [0.5, 0.6) is 0 Å². The number of urea groups is 1. The topological polar surface area (TPSA) is 160 Å². The summed E-state index contributed by atoms with van der Waals surface area (Å²) >= 11 is 0. The number of aliphatic hydroxyl groups is 2. The highest BCUT2D eigenvalue weighted by molar-refractivity contribution is 6.00. The predicted octanol–water partition coefficient (Wildman–Crippen LogP) is 3.04. The van der Waals surface area contributed by atoms with E-state index in [9.17, 15) is 19.8 Å². The van der Waals surface area contributed by atoms with Crippen molar-refractivity contribution in [1.29, 1.82) is 0 Å². The van der Waals surface area contributed by atoms with Crippen LogP contribution in [0.1, 0.15) is 49.9 Å². The Morgan fingerprint density at radius 3 is 1.84 bits per heavy atom. The number of aliphatic hydroxyl groups excluding tert-OH is 2. The van der Waals surface area contributed by atoms with Crippen molar-refractivity contribution in [1.82, 2.24) is 24.8 Å². The molecule has 4 unspecified atom stereocenters. The maximum atomic E-state index is 13.0. The Labute approximate surface area is 292 Å². The van der Waals surface area contributed by atoms with Crippen molar-refractivity contribution in [3.8, 4) is 11.4 Å². The van der Waals surface area contributed by atoms with Crippen LogP contribution in [-0.2, 0) is 4.74 Å². The fourth-order valence-electron chi connectivity index (χ4n) is 7.63. The van der Waals surface area contributed by atoms with Gasteiger partial charge in [-0.25, -0.2) is 4.79 Å². The molecule has 3 aromatic rings. The molecule has 0 radical (unpaired) electrons. The number of piperazine rings is 1. The van der Waals surface area contributed by atoms with Crippen LogP contribution in [0.2, 0.25) is 0 Å². The maximum Gasteiger partial charge on any atom is 0.323 e. The molecule has 14 nitrogen and oxygen atoms in total. The van der Waals surface area contributed by atoms with Gasteiger partial charge in [-0.05, 0) is 88.1 Å². The van der Waals surface area contributed by atoms with Crippen molar-refractivity contribution in [2.75, 3.05) is 73.0 Å². The molecule has 4 atom stereocenters. The summed E-state index contributed by atoms with van der Waals surface area (Å²) in [7, 11) is 0. The fourth-order valence-corrected chi connectivity index (χ4v) is 7.63. The molecular formula is C36H47N9O5. The van der Waals surface area contributed by atoms with Crippen LogP contribution in [0.15, 0.2) is 48.5 Å². The second kappa shape index (κ2) is 14.9. The predicted molar refractivity (Wildman–Crippen MR) is 191 cm³/mol. The average molecular weight is 686 g/mol. The van der Waals surface area contributed by atoms with Gasteiger partial charge in [0.1, 0.15) is 0 Å². The molecular weight excluding hydrogens is 638 g/mol. The lowest BCUT2D eigenvalue weighted by atomic mass is 10.1. The zero-order valence-corrected chi connectivity index (χ0v) is 28.7. The van der Waals surface area contributed by atoms with Gasteiger partial charge in [-0.3, -0.25) is 9.69 Å². The number of anilines is 4. The van der Waals surface area contributed by atoms with E-state index in [0.29, 0.717) is 67.0 Å². The number of rotatable bonds is 9. The normalized spacial score (nSPS) is 23.8. The summed E-state index contributed by atoms with van der Waals surface area (Å²) in [6.45, 7) is 8.61. The molecule has 14 heteroatoms. The summed E-state index contributed by atoms with van der Waals surface area (Å²) in [4.78, 5) is 49.0. The number of hydrogen-bond acceptors (Lipinski definition) is 11. The van der Waals surface area contributed by atoms with E-state index in [0.717, 1.165) is 44.3 Å².